The van der Waals surface area contributed by atoms with Gasteiger partial charge in [-0.2, -0.15) is 0 Å². The maximum atomic E-state index is 11.9. The largest absolute Gasteiger partial charge is 0.493 e. The summed E-state index contributed by atoms with van der Waals surface area (Å²) < 4.78 is 10.4. The highest BCUT2D eigenvalue weighted by Gasteiger charge is 2.07. The first-order chi connectivity index (χ1) is 10.6. The number of rotatable bonds is 6. The molecule has 7 heteroatoms. The number of halogens is 1. The van der Waals surface area contributed by atoms with Crippen molar-refractivity contribution in [3.8, 4) is 11.5 Å². The predicted octanol–water partition coefficient (Wildman–Crippen LogP) is 2.67. The van der Waals surface area contributed by atoms with Gasteiger partial charge in [0.1, 0.15) is 5.82 Å². The molecule has 0 atom stereocenters. The molecule has 1 amide bonds. The second-order valence-corrected chi connectivity index (χ2v) is 4.71. The second-order valence-electron chi connectivity index (χ2n) is 4.71. The fourth-order valence-corrected chi connectivity index (χ4v) is 2.00. The summed E-state index contributed by atoms with van der Waals surface area (Å²) >= 11 is 0. The smallest absolute Gasteiger partial charge is 0.224 e. The van der Waals surface area contributed by atoms with Gasteiger partial charge >= 0.3 is 0 Å². The predicted molar refractivity (Wildman–Crippen MR) is 92.4 cm³/mol. The molecular weight excluding hydrogens is 318 g/mol. The molecule has 0 aliphatic heterocycles. The van der Waals surface area contributed by atoms with Gasteiger partial charge in [0.15, 0.2) is 11.5 Å². The summed E-state index contributed by atoms with van der Waals surface area (Å²) in [6.45, 7) is 0. The van der Waals surface area contributed by atoms with Crippen LogP contribution >= 0.6 is 12.4 Å². The van der Waals surface area contributed by atoms with E-state index in [1.807, 2.05) is 18.2 Å². The zero-order chi connectivity index (χ0) is 15.9. The van der Waals surface area contributed by atoms with E-state index in [0.717, 1.165) is 5.56 Å². The summed E-state index contributed by atoms with van der Waals surface area (Å²) in [6.07, 6.45) is 2.50. The molecule has 0 fully saturated rings. The number of nitrogens with one attached hydrogen (secondary N) is 1. The lowest BCUT2D eigenvalue weighted by Crippen LogP contribution is -2.12. The molecule has 0 aliphatic rings. The van der Waals surface area contributed by atoms with Crippen LogP contribution in [0.1, 0.15) is 12.0 Å². The second kappa shape index (κ2) is 8.85. The Bertz CT molecular complexity index is 648. The van der Waals surface area contributed by atoms with Crippen molar-refractivity contribution in [2.24, 2.45) is 0 Å². The van der Waals surface area contributed by atoms with Gasteiger partial charge in [-0.1, -0.05) is 6.07 Å². The summed E-state index contributed by atoms with van der Waals surface area (Å²) in [6, 6.07) is 8.98. The number of hydrogen-bond donors (Lipinski definition) is 2. The van der Waals surface area contributed by atoms with E-state index >= 15 is 0 Å². The molecule has 2 rings (SSSR count). The first kappa shape index (κ1) is 18.6. The molecule has 0 aliphatic carbocycles. The molecule has 1 heterocycles. The van der Waals surface area contributed by atoms with E-state index in [2.05, 4.69) is 10.3 Å². The molecule has 0 unspecified atom stereocenters. The number of carbonyl (C=O) groups is 1. The number of anilines is 2. The highest BCUT2D eigenvalue weighted by molar-refractivity contribution is 5.90. The Labute approximate surface area is 141 Å². The van der Waals surface area contributed by atoms with E-state index in [1.165, 1.54) is 6.20 Å². The third-order valence-electron chi connectivity index (χ3n) is 3.16. The molecule has 0 bridgehead atoms. The number of nitrogen functional groups attached to an aromatic ring is 1. The summed E-state index contributed by atoms with van der Waals surface area (Å²) in [7, 11) is 3.17. The zero-order valence-electron chi connectivity index (χ0n) is 13.0. The first-order valence-electron chi connectivity index (χ1n) is 6.84. The molecule has 1 aromatic heterocycles. The molecule has 1 aromatic carbocycles. The molecular formula is C16H20ClN3O3. The van der Waals surface area contributed by atoms with Gasteiger partial charge in [-0.25, -0.2) is 4.98 Å². The molecule has 0 saturated heterocycles. The molecule has 124 valence electrons. The molecule has 0 spiro atoms. The van der Waals surface area contributed by atoms with Gasteiger partial charge in [-0.05, 0) is 36.2 Å². The van der Waals surface area contributed by atoms with Gasteiger partial charge in [-0.15, -0.1) is 12.4 Å². The number of benzene rings is 1. The number of aromatic nitrogens is 1. The number of aryl methyl sites for hydroxylation is 1. The van der Waals surface area contributed by atoms with Crippen molar-refractivity contribution >= 4 is 29.8 Å². The van der Waals surface area contributed by atoms with Gasteiger partial charge < -0.3 is 20.5 Å². The number of pyridine rings is 1. The minimum Gasteiger partial charge on any atom is -0.493 e. The lowest BCUT2D eigenvalue weighted by molar-refractivity contribution is -0.116. The van der Waals surface area contributed by atoms with Crippen molar-refractivity contribution in [3.63, 3.8) is 0 Å². The van der Waals surface area contributed by atoms with Gasteiger partial charge in [0, 0.05) is 6.42 Å². The van der Waals surface area contributed by atoms with Crippen LogP contribution in [0.15, 0.2) is 36.5 Å². The van der Waals surface area contributed by atoms with Crippen molar-refractivity contribution in [1.29, 1.82) is 0 Å². The molecule has 3 N–H and O–H groups in total. The van der Waals surface area contributed by atoms with Crippen molar-refractivity contribution in [1.82, 2.24) is 4.98 Å². The summed E-state index contributed by atoms with van der Waals surface area (Å²) in [4.78, 5) is 15.8. The van der Waals surface area contributed by atoms with E-state index in [0.29, 0.717) is 35.8 Å². The first-order valence-corrected chi connectivity index (χ1v) is 6.84. The zero-order valence-corrected chi connectivity index (χ0v) is 13.9. The van der Waals surface area contributed by atoms with Gasteiger partial charge in [0.25, 0.3) is 0 Å². The van der Waals surface area contributed by atoms with Crippen LogP contribution < -0.4 is 20.5 Å². The SMILES string of the molecule is COc1ccc(CCC(=O)Nc2ccc(N)nc2)cc1OC.Cl. The average Bonchev–Trinajstić information content (AvgIpc) is 2.54. The number of hydrogen-bond acceptors (Lipinski definition) is 5. The number of carbonyl (C=O) groups excluding carboxylic acids is 1. The van der Waals surface area contributed by atoms with E-state index in [9.17, 15) is 4.79 Å². The third kappa shape index (κ3) is 5.34. The Morgan fingerprint density at radius 1 is 1.17 bits per heavy atom. The van der Waals surface area contributed by atoms with E-state index in [-0.39, 0.29) is 18.3 Å². The van der Waals surface area contributed by atoms with Crippen LogP contribution in [-0.4, -0.2) is 25.1 Å². The van der Waals surface area contributed by atoms with Crippen LogP contribution in [0.4, 0.5) is 11.5 Å². The van der Waals surface area contributed by atoms with Crippen LogP contribution in [-0.2, 0) is 11.2 Å². The quantitative estimate of drug-likeness (QED) is 0.846. The van der Waals surface area contributed by atoms with Crippen LogP contribution in [0.5, 0.6) is 11.5 Å². The average molecular weight is 338 g/mol. The molecule has 0 saturated carbocycles. The summed E-state index contributed by atoms with van der Waals surface area (Å²) in [5.74, 6) is 1.66. The highest BCUT2D eigenvalue weighted by atomic mass is 35.5. The summed E-state index contributed by atoms with van der Waals surface area (Å²) in [5, 5.41) is 2.78. The van der Waals surface area contributed by atoms with Crippen molar-refractivity contribution in [3.05, 3.63) is 42.1 Å². The molecule has 23 heavy (non-hydrogen) atoms. The lowest BCUT2D eigenvalue weighted by atomic mass is 10.1. The Morgan fingerprint density at radius 2 is 1.91 bits per heavy atom. The third-order valence-corrected chi connectivity index (χ3v) is 3.16. The van der Waals surface area contributed by atoms with Crippen molar-refractivity contribution in [2.75, 3.05) is 25.3 Å². The Balaban J connectivity index is 0.00000264. The fourth-order valence-electron chi connectivity index (χ4n) is 2.00. The number of nitrogens with two attached hydrogens (primary N) is 1. The Kier molecular flexibility index (Phi) is 7.15. The van der Waals surface area contributed by atoms with Gasteiger partial charge in [0.05, 0.1) is 26.1 Å². The van der Waals surface area contributed by atoms with Crippen LogP contribution in [0, 0.1) is 0 Å². The van der Waals surface area contributed by atoms with Crippen LogP contribution in [0.3, 0.4) is 0 Å². The van der Waals surface area contributed by atoms with Crippen LogP contribution in [0.2, 0.25) is 0 Å². The van der Waals surface area contributed by atoms with E-state index < -0.39 is 0 Å². The molecule has 2 aromatic rings. The summed E-state index contributed by atoms with van der Waals surface area (Å²) in [5.41, 5.74) is 7.13. The molecule has 6 nitrogen and oxygen atoms in total. The lowest BCUT2D eigenvalue weighted by Gasteiger charge is -2.09. The Morgan fingerprint density at radius 3 is 2.52 bits per heavy atom. The standard InChI is InChI=1S/C16H19N3O3.ClH/c1-21-13-6-3-11(9-14(13)22-2)4-8-16(20)19-12-5-7-15(17)18-10-12;/h3,5-7,9-10H,4,8H2,1-2H3,(H2,17,18)(H,19,20);1H. The van der Waals surface area contributed by atoms with Crippen molar-refractivity contribution < 1.29 is 14.3 Å². The van der Waals surface area contributed by atoms with Gasteiger partial charge in [-0.3, -0.25) is 4.79 Å². The maximum Gasteiger partial charge on any atom is 0.224 e. The minimum atomic E-state index is -0.0821. The Hall–Kier alpha value is -2.47. The topological polar surface area (TPSA) is 86.5 Å². The van der Waals surface area contributed by atoms with E-state index in [4.69, 9.17) is 15.2 Å². The van der Waals surface area contributed by atoms with E-state index in [1.54, 1.807) is 26.4 Å². The van der Waals surface area contributed by atoms with Gasteiger partial charge in [0.2, 0.25) is 5.91 Å². The fraction of sp³-hybridized carbons (Fsp3) is 0.250. The highest BCUT2D eigenvalue weighted by Crippen LogP contribution is 2.28. The number of ether oxygens (including phenoxy) is 2. The van der Waals surface area contributed by atoms with Crippen molar-refractivity contribution in [2.45, 2.75) is 12.8 Å². The maximum absolute atomic E-state index is 11.9. The monoisotopic (exact) mass is 337 g/mol. The number of amides is 1. The normalized spacial score (nSPS) is 9.65. The minimum absolute atomic E-state index is 0. The van der Waals surface area contributed by atoms with Crippen LogP contribution in [0.25, 0.3) is 0 Å². The number of methoxy groups -OCH3 is 2. The molecule has 0 radical (unpaired) electrons. The number of nitrogens with zero attached hydrogens (tertiary/aromatic N) is 1.